The van der Waals surface area contributed by atoms with Crippen molar-refractivity contribution in [2.45, 2.75) is 87.2 Å². The first kappa shape index (κ1) is 34.9. The van der Waals surface area contributed by atoms with E-state index in [2.05, 4.69) is 38.2 Å². The third kappa shape index (κ3) is 11.9. The number of carbonyl (C=O) groups is 2. The first-order valence-corrected chi connectivity index (χ1v) is 14.5. The largest absolute Gasteiger partial charge is 0.493 e. The lowest BCUT2D eigenvalue weighted by atomic mass is 9.78. The van der Waals surface area contributed by atoms with E-state index in [4.69, 9.17) is 14.2 Å². The first-order chi connectivity index (χ1) is 18.2. The second-order valence-corrected chi connectivity index (χ2v) is 12.4. The van der Waals surface area contributed by atoms with Crippen molar-refractivity contribution in [2.24, 2.45) is 35.0 Å². The third-order valence-corrected chi connectivity index (χ3v) is 8.05. The number of carbonyl (C=O) groups excluding carboxylic acids is 2. The van der Waals surface area contributed by atoms with Gasteiger partial charge in [0, 0.05) is 38.0 Å². The van der Waals surface area contributed by atoms with Crippen molar-refractivity contribution < 1.29 is 28.9 Å². The van der Waals surface area contributed by atoms with Gasteiger partial charge in [-0.25, -0.2) is 0 Å². The second-order valence-electron chi connectivity index (χ2n) is 12.4. The summed E-state index contributed by atoms with van der Waals surface area (Å²) in [5.41, 5.74) is 0.564. The van der Waals surface area contributed by atoms with Crippen LogP contribution in [0.1, 0.15) is 80.2 Å². The lowest BCUT2D eigenvalue weighted by molar-refractivity contribution is -0.129. The normalized spacial score (nSPS) is 15.1. The summed E-state index contributed by atoms with van der Waals surface area (Å²) < 4.78 is 16.6. The van der Waals surface area contributed by atoms with E-state index in [1.165, 1.54) is 5.56 Å². The summed E-state index contributed by atoms with van der Waals surface area (Å²) in [5.74, 6) is 1.96. The van der Waals surface area contributed by atoms with Crippen LogP contribution < -0.4 is 14.8 Å². The van der Waals surface area contributed by atoms with Gasteiger partial charge in [-0.05, 0) is 67.6 Å². The molecule has 4 atom stereocenters. The van der Waals surface area contributed by atoms with Gasteiger partial charge >= 0.3 is 0 Å². The van der Waals surface area contributed by atoms with Crippen molar-refractivity contribution in [1.29, 1.82) is 0 Å². The van der Waals surface area contributed by atoms with E-state index in [1.54, 1.807) is 21.1 Å². The molecular weight excluding hydrogens is 494 g/mol. The fourth-order valence-corrected chi connectivity index (χ4v) is 4.61. The van der Waals surface area contributed by atoms with Crippen LogP contribution in [0.25, 0.3) is 0 Å². The topological polar surface area (TPSA) is 94.1 Å². The molecule has 2 N–H and O–H groups in total. The van der Waals surface area contributed by atoms with Crippen molar-refractivity contribution in [3.05, 3.63) is 23.8 Å². The predicted octanol–water partition coefficient (Wildman–Crippen LogP) is 5.71. The van der Waals surface area contributed by atoms with Crippen LogP contribution in [0, 0.1) is 35.0 Å². The monoisotopic (exact) mass is 549 g/mol. The molecule has 1 aromatic rings. The molecule has 1 aromatic carbocycles. The Hall–Kier alpha value is -2.12. The highest BCUT2D eigenvalue weighted by atomic mass is 16.5. The van der Waals surface area contributed by atoms with Gasteiger partial charge in [-0.3, -0.25) is 9.59 Å². The smallest absolute Gasteiger partial charge is 0.223 e. The molecule has 0 heterocycles. The van der Waals surface area contributed by atoms with Crippen LogP contribution in [0.3, 0.4) is 0 Å². The summed E-state index contributed by atoms with van der Waals surface area (Å²) in [5, 5.41) is 14.1. The molecule has 0 spiro atoms. The Morgan fingerprint density at radius 2 is 1.64 bits per heavy atom. The molecule has 7 heteroatoms. The molecule has 224 valence electrons. The number of Topliss-reactive ketones (excluding diaryl/α,β-unsaturated/α-hetero) is 1. The van der Waals surface area contributed by atoms with Crippen LogP contribution in [0.15, 0.2) is 18.2 Å². The molecule has 0 bridgehead atoms. The highest BCUT2D eigenvalue weighted by Crippen LogP contribution is 2.33. The van der Waals surface area contributed by atoms with Crippen LogP contribution in [0.5, 0.6) is 11.5 Å². The van der Waals surface area contributed by atoms with Crippen molar-refractivity contribution in [3.8, 4) is 11.5 Å². The lowest BCUT2D eigenvalue weighted by Gasteiger charge is -2.31. The number of methoxy groups -OCH3 is 2. The van der Waals surface area contributed by atoms with Crippen LogP contribution in [-0.2, 0) is 20.7 Å². The van der Waals surface area contributed by atoms with E-state index in [1.807, 2.05) is 33.8 Å². The number of amides is 1. The fourth-order valence-electron chi connectivity index (χ4n) is 4.61. The van der Waals surface area contributed by atoms with E-state index in [0.29, 0.717) is 43.8 Å². The molecule has 7 nitrogen and oxygen atoms in total. The Balaban J connectivity index is 2.87. The lowest BCUT2D eigenvalue weighted by Crippen LogP contribution is -2.43. The number of rotatable bonds is 19. The molecule has 0 unspecified atom stereocenters. The Morgan fingerprint density at radius 3 is 2.18 bits per heavy atom. The molecule has 0 saturated carbocycles. The van der Waals surface area contributed by atoms with Gasteiger partial charge < -0.3 is 24.6 Å². The van der Waals surface area contributed by atoms with Gasteiger partial charge in [0.05, 0.1) is 19.8 Å². The Bertz CT molecular complexity index is 881. The van der Waals surface area contributed by atoms with Crippen molar-refractivity contribution >= 4 is 11.7 Å². The average molecular weight is 550 g/mol. The summed E-state index contributed by atoms with van der Waals surface area (Å²) >= 11 is 0. The molecule has 0 aliphatic carbocycles. The Kier molecular flexibility index (Phi) is 15.1. The van der Waals surface area contributed by atoms with Gasteiger partial charge in [0.15, 0.2) is 11.5 Å². The first-order valence-electron chi connectivity index (χ1n) is 14.5. The third-order valence-electron chi connectivity index (χ3n) is 8.05. The van der Waals surface area contributed by atoms with E-state index in [9.17, 15) is 14.7 Å². The quantitative estimate of drug-likeness (QED) is 0.215. The minimum absolute atomic E-state index is 0.0307. The van der Waals surface area contributed by atoms with Gasteiger partial charge in [0.2, 0.25) is 5.91 Å². The van der Waals surface area contributed by atoms with E-state index < -0.39 is 11.5 Å². The maximum absolute atomic E-state index is 13.0. The van der Waals surface area contributed by atoms with E-state index >= 15 is 0 Å². The number of benzene rings is 1. The van der Waals surface area contributed by atoms with Crippen LogP contribution in [0.2, 0.25) is 0 Å². The molecule has 1 amide bonds. The van der Waals surface area contributed by atoms with E-state index in [-0.39, 0.29) is 29.4 Å². The molecular formula is C32H55NO6. The molecule has 39 heavy (non-hydrogen) atoms. The van der Waals surface area contributed by atoms with E-state index in [0.717, 1.165) is 25.0 Å². The van der Waals surface area contributed by atoms with Crippen LogP contribution >= 0.6 is 0 Å². The highest BCUT2D eigenvalue weighted by molar-refractivity contribution is 5.83. The van der Waals surface area contributed by atoms with Gasteiger partial charge in [-0.15, -0.1) is 0 Å². The SMILES string of the molecule is COCCCOc1cc(C[C@@H](C[C@H](C)[C@@H](O)C[C@H](C(=O)NCC(C)(C)C(C)=O)C(C)C)C(C)C)ccc1OC. The van der Waals surface area contributed by atoms with Crippen molar-refractivity contribution in [1.82, 2.24) is 5.32 Å². The number of hydrogen-bond donors (Lipinski definition) is 2. The molecule has 0 saturated heterocycles. The summed E-state index contributed by atoms with van der Waals surface area (Å²) in [6.07, 6.45) is 2.32. The molecule has 0 aliphatic heterocycles. The maximum Gasteiger partial charge on any atom is 0.223 e. The molecule has 1 rings (SSSR count). The van der Waals surface area contributed by atoms with Gasteiger partial charge in [-0.2, -0.15) is 0 Å². The molecule has 0 aromatic heterocycles. The molecule has 0 aliphatic rings. The Morgan fingerprint density at radius 1 is 0.974 bits per heavy atom. The zero-order valence-corrected chi connectivity index (χ0v) is 26.1. The van der Waals surface area contributed by atoms with Gasteiger partial charge in [0.1, 0.15) is 5.78 Å². The number of ether oxygens (including phenoxy) is 3. The number of ketones is 1. The summed E-state index contributed by atoms with van der Waals surface area (Å²) in [6, 6.07) is 6.10. The van der Waals surface area contributed by atoms with Crippen molar-refractivity contribution in [3.63, 3.8) is 0 Å². The predicted molar refractivity (Wildman–Crippen MR) is 157 cm³/mol. The zero-order chi connectivity index (χ0) is 29.8. The second kappa shape index (κ2) is 16.9. The summed E-state index contributed by atoms with van der Waals surface area (Å²) in [7, 11) is 3.33. The number of nitrogens with one attached hydrogen (secondary N) is 1. The number of hydrogen-bond acceptors (Lipinski definition) is 6. The Labute approximate surface area is 237 Å². The van der Waals surface area contributed by atoms with Gasteiger partial charge in [0.25, 0.3) is 0 Å². The van der Waals surface area contributed by atoms with Crippen molar-refractivity contribution in [2.75, 3.05) is 34.0 Å². The van der Waals surface area contributed by atoms with Crippen LogP contribution in [0.4, 0.5) is 0 Å². The maximum atomic E-state index is 13.0. The fraction of sp³-hybridized carbons (Fsp3) is 0.750. The summed E-state index contributed by atoms with van der Waals surface area (Å²) in [6.45, 7) is 17.2. The number of aliphatic hydroxyl groups excluding tert-OH is 1. The highest BCUT2D eigenvalue weighted by Gasteiger charge is 2.31. The minimum Gasteiger partial charge on any atom is -0.493 e. The number of aliphatic hydroxyl groups is 1. The van der Waals surface area contributed by atoms with Crippen LogP contribution in [-0.4, -0.2) is 56.9 Å². The standard InChI is InChI=1S/C32H55NO6/c1-21(2)26(17-25-12-13-29(38-10)30(18-25)39-15-11-14-37-9)16-23(5)28(35)19-27(22(3)4)31(36)33-20-32(7,8)24(6)34/h12-13,18,21-23,26-28,35H,11,14-17,19-20H2,1-10H3,(H,33,36)/t23-,26+,27-,28-/m0/s1. The average Bonchev–Trinajstić information content (AvgIpc) is 2.87. The van der Waals surface area contributed by atoms with Gasteiger partial charge in [-0.1, -0.05) is 54.5 Å². The minimum atomic E-state index is -0.607. The molecule has 0 radical (unpaired) electrons. The zero-order valence-electron chi connectivity index (χ0n) is 26.1. The molecule has 0 fully saturated rings. The summed E-state index contributed by atoms with van der Waals surface area (Å²) in [4.78, 5) is 24.9.